The summed E-state index contributed by atoms with van der Waals surface area (Å²) < 4.78 is 1.79. The van der Waals surface area contributed by atoms with Gasteiger partial charge in [0, 0.05) is 12.7 Å². The maximum atomic E-state index is 4.50. The lowest BCUT2D eigenvalue weighted by atomic mass is 10.2. The maximum absolute atomic E-state index is 4.50. The van der Waals surface area contributed by atoms with Gasteiger partial charge < -0.3 is 5.32 Å². The summed E-state index contributed by atoms with van der Waals surface area (Å²) in [6.07, 6.45) is 1.89. The number of nitrogens with zero attached hydrogens (tertiary/aromatic N) is 4. The van der Waals surface area contributed by atoms with Crippen molar-refractivity contribution in [2.45, 2.75) is 34.2 Å². The van der Waals surface area contributed by atoms with Gasteiger partial charge in [0.25, 0.3) is 0 Å². The number of hydrogen-bond acceptors (Lipinski definition) is 4. The highest BCUT2D eigenvalue weighted by atomic mass is 15.4. The van der Waals surface area contributed by atoms with Crippen molar-refractivity contribution < 1.29 is 0 Å². The SMILES string of the molecule is CCNCc1cnc(-n2nc(C)nc2C)c(C)c1. The van der Waals surface area contributed by atoms with Gasteiger partial charge in [0.1, 0.15) is 11.6 Å². The molecule has 2 rings (SSSR count). The summed E-state index contributed by atoms with van der Waals surface area (Å²) in [5.74, 6) is 2.49. The van der Waals surface area contributed by atoms with Crippen LogP contribution in [0.2, 0.25) is 0 Å². The quantitative estimate of drug-likeness (QED) is 0.890. The van der Waals surface area contributed by atoms with E-state index in [0.29, 0.717) is 0 Å². The van der Waals surface area contributed by atoms with Crippen LogP contribution in [0.3, 0.4) is 0 Å². The summed E-state index contributed by atoms with van der Waals surface area (Å²) in [4.78, 5) is 8.80. The van der Waals surface area contributed by atoms with E-state index >= 15 is 0 Å². The van der Waals surface area contributed by atoms with Crippen LogP contribution in [0.1, 0.15) is 29.7 Å². The zero-order chi connectivity index (χ0) is 13.1. The molecule has 1 N–H and O–H groups in total. The van der Waals surface area contributed by atoms with E-state index in [1.54, 1.807) is 4.68 Å². The molecule has 0 atom stereocenters. The fourth-order valence-electron chi connectivity index (χ4n) is 1.94. The predicted octanol–water partition coefficient (Wildman–Crippen LogP) is 1.70. The Morgan fingerprint density at radius 3 is 2.61 bits per heavy atom. The van der Waals surface area contributed by atoms with Gasteiger partial charge in [0.05, 0.1) is 0 Å². The zero-order valence-corrected chi connectivity index (χ0v) is 11.4. The van der Waals surface area contributed by atoms with Gasteiger partial charge in [-0.3, -0.25) is 0 Å². The smallest absolute Gasteiger partial charge is 0.158 e. The van der Waals surface area contributed by atoms with Crippen molar-refractivity contribution in [2.24, 2.45) is 0 Å². The number of aryl methyl sites for hydroxylation is 3. The van der Waals surface area contributed by atoms with Gasteiger partial charge >= 0.3 is 0 Å². The summed E-state index contributed by atoms with van der Waals surface area (Å²) in [6.45, 7) is 9.78. The highest BCUT2D eigenvalue weighted by molar-refractivity contribution is 5.35. The van der Waals surface area contributed by atoms with Crippen LogP contribution in [0.5, 0.6) is 0 Å². The fraction of sp³-hybridized carbons (Fsp3) is 0.462. The van der Waals surface area contributed by atoms with E-state index in [4.69, 9.17) is 0 Å². The summed E-state index contributed by atoms with van der Waals surface area (Å²) in [6, 6.07) is 2.14. The Balaban J connectivity index is 2.32. The van der Waals surface area contributed by atoms with Gasteiger partial charge in [-0.2, -0.15) is 4.68 Å². The second kappa shape index (κ2) is 5.27. The van der Waals surface area contributed by atoms with E-state index in [-0.39, 0.29) is 0 Å². The van der Waals surface area contributed by atoms with Gasteiger partial charge in [-0.25, -0.2) is 9.97 Å². The molecule has 18 heavy (non-hydrogen) atoms. The molecule has 0 aliphatic carbocycles. The molecule has 5 heteroatoms. The van der Waals surface area contributed by atoms with E-state index in [1.807, 2.05) is 27.0 Å². The minimum absolute atomic E-state index is 0.769. The van der Waals surface area contributed by atoms with Crippen LogP contribution >= 0.6 is 0 Å². The number of hydrogen-bond donors (Lipinski definition) is 1. The second-order valence-electron chi connectivity index (χ2n) is 4.38. The standard InChI is InChI=1S/C13H19N5/c1-5-14-7-12-6-9(2)13(15-8-12)18-11(4)16-10(3)17-18/h6,8,14H,5,7H2,1-4H3. The lowest BCUT2D eigenvalue weighted by Crippen LogP contribution is -2.13. The van der Waals surface area contributed by atoms with E-state index in [2.05, 4.69) is 33.4 Å². The van der Waals surface area contributed by atoms with Gasteiger partial charge in [0.15, 0.2) is 5.82 Å². The highest BCUT2D eigenvalue weighted by Gasteiger charge is 2.09. The monoisotopic (exact) mass is 245 g/mol. The number of aromatic nitrogens is 4. The minimum atomic E-state index is 0.769. The molecule has 2 aromatic heterocycles. The van der Waals surface area contributed by atoms with E-state index in [9.17, 15) is 0 Å². The third-order valence-corrected chi connectivity index (χ3v) is 2.76. The van der Waals surface area contributed by atoms with Gasteiger partial charge in [0.2, 0.25) is 0 Å². The number of nitrogens with one attached hydrogen (secondary N) is 1. The maximum Gasteiger partial charge on any atom is 0.158 e. The first-order valence-corrected chi connectivity index (χ1v) is 6.18. The fourth-order valence-corrected chi connectivity index (χ4v) is 1.94. The predicted molar refractivity (Wildman–Crippen MR) is 70.7 cm³/mol. The highest BCUT2D eigenvalue weighted by Crippen LogP contribution is 2.13. The molecule has 0 bridgehead atoms. The summed E-state index contributed by atoms with van der Waals surface area (Å²) in [5, 5.41) is 7.65. The van der Waals surface area contributed by atoms with Crippen LogP contribution in [-0.4, -0.2) is 26.3 Å². The van der Waals surface area contributed by atoms with Crippen LogP contribution in [0.15, 0.2) is 12.3 Å². The van der Waals surface area contributed by atoms with E-state index in [1.165, 1.54) is 5.56 Å². The molecule has 0 fully saturated rings. The Bertz CT molecular complexity index is 544. The average molecular weight is 245 g/mol. The van der Waals surface area contributed by atoms with Crippen molar-refractivity contribution in [2.75, 3.05) is 6.54 Å². The van der Waals surface area contributed by atoms with Crippen molar-refractivity contribution in [3.8, 4) is 5.82 Å². The Hall–Kier alpha value is -1.75. The van der Waals surface area contributed by atoms with Crippen molar-refractivity contribution in [1.29, 1.82) is 0 Å². The summed E-state index contributed by atoms with van der Waals surface area (Å²) in [5.41, 5.74) is 2.30. The average Bonchev–Trinajstić information content (AvgIpc) is 2.66. The molecule has 0 saturated heterocycles. The first kappa shape index (κ1) is 12.7. The largest absolute Gasteiger partial charge is 0.313 e. The third-order valence-electron chi connectivity index (χ3n) is 2.76. The number of rotatable bonds is 4. The molecule has 2 heterocycles. The minimum Gasteiger partial charge on any atom is -0.313 e. The topological polar surface area (TPSA) is 55.6 Å². The Labute approximate surface area is 107 Å². The summed E-state index contributed by atoms with van der Waals surface area (Å²) in [7, 11) is 0. The van der Waals surface area contributed by atoms with Crippen LogP contribution in [0, 0.1) is 20.8 Å². The lowest BCUT2D eigenvalue weighted by Gasteiger charge is -2.08. The van der Waals surface area contributed by atoms with Crippen LogP contribution in [0.25, 0.3) is 5.82 Å². The Morgan fingerprint density at radius 2 is 2.06 bits per heavy atom. The molecular formula is C13H19N5. The van der Waals surface area contributed by atoms with Gasteiger partial charge in [-0.15, -0.1) is 5.10 Å². The molecule has 0 aromatic carbocycles. The van der Waals surface area contributed by atoms with Gasteiger partial charge in [-0.1, -0.05) is 6.92 Å². The molecule has 0 amide bonds. The van der Waals surface area contributed by atoms with Crippen molar-refractivity contribution in [1.82, 2.24) is 25.1 Å². The molecule has 0 radical (unpaired) electrons. The first-order chi connectivity index (χ1) is 8.61. The van der Waals surface area contributed by atoms with Crippen molar-refractivity contribution in [3.63, 3.8) is 0 Å². The number of pyridine rings is 1. The molecule has 0 aliphatic heterocycles. The molecular weight excluding hydrogens is 226 g/mol. The van der Waals surface area contributed by atoms with E-state index in [0.717, 1.165) is 36.1 Å². The zero-order valence-electron chi connectivity index (χ0n) is 11.4. The van der Waals surface area contributed by atoms with Gasteiger partial charge in [-0.05, 0) is 44.5 Å². The Kier molecular flexibility index (Phi) is 3.72. The molecule has 5 nitrogen and oxygen atoms in total. The van der Waals surface area contributed by atoms with Crippen LogP contribution in [-0.2, 0) is 6.54 Å². The molecule has 0 aliphatic rings. The second-order valence-corrected chi connectivity index (χ2v) is 4.38. The molecule has 0 unspecified atom stereocenters. The Morgan fingerprint density at radius 1 is 1.28 bits per heavy atom. The molecule has 96 valence electrons. The van der Waals surface area contributed by atoms with E-state index < -0.39 is 0 Å². The molecule has 0 saturated carbocycles. The van der Waals surface area contributed by atoms with Crippen molar-refractivity contribution >= 4 is 0 Å². The van der Waals surface area contributed by atoms with Crippen LogP contribution < -0.4 is 5.32 Å². The summed E-state index contributed by atoms with van der Waals surface area (Å²) >= 11 is 0. The normalized spacial score (nSPS) is 10.9. The third kappa shape index (κ3) is 2.56. The lowest BCUT2D eigenvalue weighted by molar-refractivity contribution is 0.720. The van der Waals surface area contributed by atoms with Crippen LogP contribution in [0.4, 0.5) is 0 Å². The molecule has 0 spiro atoms. The molecule has 2 aromatic rings. The first-order valence-electron chi connectivity index (χ1n) is 6.18. The van der Waals surface area contributed by atoms with Crippen molar-refractivity contribution in [3.05, 3.63) is 35.0 Å².